The molecule has 2 N–H and O–H groups in total. The Morgan fingerprint density at radius 3 is 2.54 bits per heavy atom. The van der Waals surface area contributed by atoms with Crippen LogP contribution < -0.4 is 10.0 Å². The Morgan fingerprint density at radius 1 is 1.46 bits per heavy atom. The second kappa shape index (κ2) is 9.88. The maximum atomic E-state index is 11.4. The van der Waals surface area contributed by atoms with Gasteiger partial charge in [-0.1, -0.05) is 0 Å². The van der Waals surface area contributed by atoms with Crippen molar-refractivity contribution in [1.82, 2.24) is 19.9 Å². The molecule has 0 aliphatic rings. The first-order valence-electron chi connectivity index (χ1n) is 7.42. The molecule has 0 spiro atoms. The predicted octanol–water partition coefficient (Wildman–Crippen LogP) is 1.79. The third kappa shape index (κ3) is 9.14. The molecule has 0 amide bonds. The van der Waals surface area contributed by atoms with E-state index in [1.807, 2.05) is 45.0 Å². The third-order valence-corrected chi connectivity index (χ3v) is 4.59. The molecule has 0 atom stereocenters. The number of aliphatic imine (C=N–C) groups is 1. The molecule has 0 fully saturated rings. The summed E-state index contributed by atoms with van der Waals surface area (Å²) in [5, 5.41) is 6.29. The normalized spacial score (nSPS) is 12.7. The highest BCUT2D eigenvalue weighted by Gasteiger charge is 2.22. The van der Waals surface area contributed by atoms with E-state index in [0.29, 0.717) is 13.1 Å². The van der Waals surface area contributed by atoms with Gasteiger partial charge in [-0.25, -0.2) is 18.1 Å². The molecule has 1 aromatic heterocycles. The van der Waals surface area contributed by atoms with Crippen molar-refractivity contribution in [2.24, 2.45) is 4.99 Å². The number of halogens is 1. The topological polar surface area (TPSA) is 86.7 Å². The van der Waals surface area contributed by atoms with Crippen LogP contribution in [-0.4, -0.2) is 56.2 Å². The van der Waals surface area contributed by atoms with Gasteiger partial charge in [-0.05, 0) is 27.7 Å². The summed E-state index contributed by atoms with van der Waals surface area (Å²) in [5.41, 5.74) is 0.348. The third-order valence-electron chi connectivity index (χ3n) is 2.85. The molecule has 1 heterocycles. The molecule has 10 heteroatoms. The number of hydrogen-bond acceptors (Lipinski definition) is 5. The van der Waals surface area contributed by atoms with Crippen molar-refractivity contribution in [3.63, 3.8) is 0 Å². The molecule has 1 rings (SSSR count). The van der Waals surface area contributed by atoms with Crippen molar-refractivity contribution in [2.45, 2.75) is 39.8 Å². The molecule has 0 saturated heterocycles. The van der Waals surface area contributed by atoms with E-state index >= 15 is 0 Å². The van der Waals surface area contributed by atoms with Crippen LogP contribution in [0.4, 0.5) is 0 Å². The highest BCUT2D eigenvalue weighted by atomic mass is 127. The van der Waals surface area contributed by atoms with E-state index in [0.717, 1.165) is 29.5 Å². The van der Waals surface area contributed by atoms with Crippen molar-refractivity contribution >= 4 is 51.3 Å². The Labute approximate surface area is 166 Å². The van der Waals surface area contributed by atoms with Gasteiger partial charge in [0.25, 0.3) is 0 Å². The van der Waals surface area contributed by atoms with Gasteiger partial charge in [0.2, 0.25) is 10.0 Å². The van der Waals surface area contributed by atoms with Crippen molar-refractivity contribution in [1.29, 1.82) is 0 Å². The van der Waals surface area contributed by atoms with Gasteiger partial charge in [-0.2, -0.15) is 0 Å². The van der Waals surface area contributed by atoms with E-state index in [1.54, 1.807) is 11.3 Å². The molecule has 0 saturated carbocycles. The fourth-order valence-electron chi connectivity index (χ4n) is 2.08. The second-order valence-corrected chi connectivity index (χ2v) is 8.95. The van der Waals surface area contributed by atoms with Crippen molar-refractivity contribution in [2.75, 3.05) is 26.4 Å². The largest absolute Gasteiger partial charge is 0.357 e. The number of guanidine groups is 1. The molecular formula is C14H28IN5O2S2. The molecule has 0 bridgehead atoms. The van der Waals surface area contributed by atoms with Crippen LogP contribution in [0, 0.1) is 6.92 Å². The fourth-order valence-corrected chi connectivity index (χ4v) is 3.75. The van der Waals surface area contributed by atoms with Crippen LogP contribution in [0.15, 0.2) is 10.4 Å². The lowest BCUT2D eigenvalue weighted by Gasteiger charge is -2.26. The van der Waals surface area contributed by atoms with Crippen molar-refractivity contribution < 1.29 is 8.42 Å². The summed E-state index contributed by atoms with van der Waals surface area (Å²) < 4.78 is 25.4. The van der Waals surface area contributed by atoms with Gasteiger partial charge in [0.1, 0.15) is 0 Å². The van der Waals surface area contributed by atoms with Crippen LogP contribution in [0.2, 0.25) is 0 Å². The standard InChI is InChI=1S/C14H27N5O2S2.HI/c1-7-15-13(16-10-14(3,4)18-23(6,20)21)19(5)8-12-9-22-11(2)17-12;/h9,18H,7-8,10H2,1-6H3,(H,15,16);1H. The summed E-state index contributed by atoms with van der Waals surface area (Å²) in [6, 6.07) is 0. The maximum Gasteiger partial charge on any atom is 0.209 e. The van der Waals surface area contributed by atoms with Crippen LogP contribution in [0.25, 0.3) is 0 Å². The number of aryl methyl sites for hydroxylation is 1. The monoisotopic (exact) mass is 489 g/mol. The van der Waals surface area contributed by atoms with Crippen molar-refractivity contribution in [3.8, 4) is 0 Å². The van der Waals surface area contributed by atoms with Gasteiger partial charge in [0, 0.05) is 24.5 Å². The minimum Gasteiger partial charge on any atom is -0.357 e. The van der Waals surface area contributed by atoms with Gasteiger partial charge in [0.05, 0.1) is 30.0 Å². The maximum absolute atomic E-state index is 11.4. The number of nitrogens with one attached hydrogen (secondary N) is 2. The molecule has 140 valence electrons. The molecule has 0 radical (unpaired) electrons. The summed E-state index contributed by atoms with van der Waals surface area (Å²) in [5.74, 6) is 0.724. The Hall–Kier alpha value is -0.460. The van der Waals surface area contributed by atoms with Crippen LogP contribution in [-0.2, 0) is 16.6 Å². The highest BCUT2D eigenvalue weighted by molar-refractivity contribution is 14.0. The van der Waals surface area contributed by atoms with Gasteiger partial charge < -0.3 is 10.2 Å². The number of aromatic nitrogens is 1. The lowest BCUT2D eigenvalue weighted by atomic mass is 10.1. The zero-order valence-electron chi connectivity index (χ0n) is 15.1. The summed E-state index contributed by atoms with van der Waals surface area (Å²) >= 11 is 1.62. The van der Waals surface area contributed by atoms with E-state index in [9.17, 15) is 8.42 Å². The molecule has 7 nitrogen and oxygen atoms in total. The van der Waals surface area contributed by atoms with E-state index in [2.05, 4.69) is 20.0 Å². The summed E-state index contributed by atoms with van der Waals surface area (Å²) in [4.78, 5) is 11.0. The molecular weight excluding hydrogens is 461 g/mol. The summed E-state index contributed by atoms with van der Waals surface area (Å²) in [6.07, 6.45) is 1.15. The smallest absolute Gasteiger partial charge is 0.209 e. The minimum atomic E-state index is -3.27. The molecule has 0 unspecified atom stereocenters. The summed E-state index contributed by atoms with van der Waals surface area (Å²) in [7, 11) is -1.33. The molecule has 24 heavy (non-hydrogen) atoms. The van der Waals surface area contributed by atoms with E-state index in [-0.39, 0.29) is 24.0 Å². The number of thiazole rings is 1. The van der Waals surface area contributed by atoms with E-state index < -0.39 is 15.6 Å². The Bertz CT molecular complexity index is 643. The van der Waals surface area contributed by atoms with Crippen molar-refractivity contribution in [3.05, 3.63) is 16.1 Å². The molecule has 1 aromatic rings. The fraction of sp³-hybridized carbons (Fsp3) is 0.714. The number of rotatable bonds is 7. The van der Waals surface area contributed by atoms with Gasteiger partial charge >= 0.3 is 0 Å². The number of hydrogen-bond donors (Lipinski definition) is 2. The molecule has 0 aromatic carbocycles. The Kier molecular flexibility index (Phi) is 9.69. The summed E-state index contributed by atoms with van der Waals surface area (Å²) in [6.45, 7) is 9.32. The van der Waals surface area contributed by atoms with Crippen LogP contribution in [0.1, 0.15) is 31.5 Å². The van der Waals surface area contributed by atoms with Crippen LogP contribution in [0.3, 0.4) is 0 Å². The Morgan fingerprint density at radius 2 is 2.08 bits per heavy atom. The average molecular weight is 489 g/mol. The Balaban J connectivity index is 0.00000529. The first kappa shape index (κ1) is 23.5. The zero-order chi connectivity index (χ0) is 17.7. The predicted molar refractivity (Wildman–Crippen MR) is 112 cm³/mol. The minimum absolute atomic E-state index is 0. The van der Waals surface area contributed by atoms with Gasteiger partial charge in [-0.3, -0.25) is 4.99 Å². The lowest BCUT2D eigenvalue weighted by Crippen LogP contribution is -2.46. The van der Waals surface area contributed by atoms with E-state index in [4.69, 9.17) is 0 Å². The first-order chi connectivity index (χ1) is 10.5. The quantitative estimate of drug-likeness (QED) is 0.347. The van der Waals surface area contributed by atoms with Gasteiger partial charge in [-0.15, -0.1) is 35.3 Å². The second-order valence-electron chi connectivity index (χ2n) is 6.14. The van der Waals surface area contributed by atoms with Gasteiger partial charge in [0.15, 0.2) is 5.96 Å². The number of sulfonamides is 1. The molecule has 0 aliphatic heterocycles. The lowest BCUT2D eigenvalue weighted by molar-refractivity contribution is 0.444. The molecule has 0 aliphatic carbocycles. The average Bonchev–Trinajstić information content (AvgIpc) is 2.76. The van der Waals surface area contributed by atoms with E-state index in [1.165, 1.54) is 0 Å². The SMILES string of the molecule is CCNC(=NCC(C)(C)NS(C)(=O)=O)N(C)Cc1csc(C)n1.I. The highest BCUT2D eigenvalue weighted by Crippen LogP contribution is 2.10. The van der Waals surface area contributed by atoms with Crippen LogP contribution in [0.5, 0.6) is 0 Å². The number of nitrogens with zero attached hydrogens (tertiary/aromatic N) is 3. The zero-order valence-corrected chi connectivity index (χ0v) is 19.0. The first-order valence-corrected chi connectivity index (χ1v) is 10.2. The van der Waals surface area contributed by atoms with Crippen LogP contribution >= 0.6 is 35.3 Å².